The van der Waals surface area contributed by atoms with Gasteiger partial charge in [-0.1, -0.05) is 24.3 Å². The fraction of sp³-hybridized carbons (Fsp3) is 0.148. The molecule has 204 valence electrons. The van der Waals surface area contributed by atoms with Gasteiger partial charge in [-0.05, 0) is 48.5 Å². The zero-order chi connectivity index (χ0) is 28.8. The van der Waals surface area contributed by atoms with Crippen LogP contribution in [0, 0.1) is 0 Å². The van der Waals surface area contributed by atoms with Gasteiger partial charge in [-0.2, -0.15) is 0 Å². The van der Waals surface area contributed by atoms with E-state index in [0.717, 1.165) is 0 Å². The summed E-state index contributed by atoms with van der Waals surface area (Å²) in [7, 11) is 0. The second-order valence-electron chi connectivity index (χ2n) is 8.55. The van der Waals surface area contributed by atoms with Gasteiger partial charge in [0.2, 0.25) is 6.04 Å². The first-order valence-corrected chi connectivity index (χ1v) is 11.8. The molecule has 4 heterocycles. The molecule has 0 aromatic carbocycles. The van der Waals surface area contributed by atoms with E-state index < -0.39 is 30.2 Å². The highest BCUT2D eigenvalue weighted by Crippen LogP contribution is 2.21. The molecule has 5 N–H and O–H groups in total. The van der Waals surface area contributed by atoms with E-state index >= 15 is 0 Å². The molecule has 0 unspecified atom stereocenters. The van der Waals surface area contributed by atoms with Crippen molar-refractivity contribution in [3.8, 4) is 22.8 Å². The van der Waals surface area contributed by atoms with E-state index in [9.17, 15) is 39.9 Å². The molecule has 40 heavy (non-hydrogen) atoms. The van der Waals surface area contributed by atoms with Gasteiger partial charge in [-0.15, -0.1) is 0 Å². The average molecular weight is 546 g/mol. The standard InChI is InChI=1S/C27H23N5O8/c33-24(34)21-11-3-9-19(30-21)17-7-1-5-15(28-17)13-32(23(26(37)38)27(39)40)14-16-6-2-8-18(29-16)20-10-4-12-22(31-20)25(35)36/h1-12,23-24,33-34H,13-14H2,(H,35,36)(H,37,38)(H,39,40). The summed E-state index contributed by atoms with van der Waals surface area (Å²) in [6, 6.07) is 16.7. The highest BCUT2D eigenvalue weighted by molar-refractivity contribution is 5.97. The van der Waals surface area contributed by atoms with Crippen LogP contribution in [0.3, 0.4) is 0 Å². The molecule has 13 nitrogen and oxygen atoms in total. The second-order valence-corrected chi connectivity index (χ2v) is 8.55. The van der Waals surface area contributed by atoms with Crippen LogP contribution in [0.15, 0.2) is 72.8 Å². The van der Waals surface area contributed by atoms with Crippen LogP contribution < -0.4 is 0 Å². The number of rotatable bonds is 11. The van der Waals surface area contributed by atoms with E-state index in [1.54, 1.807) is 54.6 Å². The summed E-state index contributed by atoms with van der Waals surface area (Å²) in [6.07, 6.45) is -1.78. The number of aliphatic carboxylic acids is 2. The summed E-state index contributed by atoms with van der Waals surface area (Å²) in [6.45, 7) is -0.399. The molecule has 0 aliphatic rings. The van der Waals surface area contributed by atoms with Gasteiger partial charge in [0.15, 0.2) is 6.29 Å². The summed E-state index contributed by atoms with van der Waals surface area (Å²) in [4.78, 5) is 53.5. The van der Waals surface area contributed by atoms with Crippen LogP contribution in [0.4, 0.5) is 0 Å². The summed E-state index contributed by atoms with van der Waals surface area (Å²) in [5.74, 6) is -4.37. The zero-order valence-corrected chi connectivity index (χ0v) is 20.7. The number of aromatic carboxylic acids is 1. The van der Waals surface area contributed by atoms with Gasteiger partial charge in [0.1, 0.15) is 5.69 Å². The first-order valence-electron chi connectivity index (χ1n) is 11.8. The van der Waals surface area contributed by atoms with Crippen molar-refractivity contribution >= 4 is 17.9 Å². The third-order valence-electron chi connectivity index (χ3n) is 5.70. The second kappa shape index (κ2) is 12.2. The Hall–Kier alpha value is -5.11. The molecule has 0 aliphatic carbocycles. The Balaban J connectivity index is 1.66. The lowest BCUT2D eigenvalue weighted by molar-refractivity contribution is -0.157. The maximum absolute atomic E-state index is 12.0. The van der Waals surface area contributed by atoms with Crippen LogP contribution in [0.25, 0.3) is 22.8 Å². The Morgan fingerprint density at radius 1 is 0.625 bits per heavy atom. The van der Waals surface area contributed by atoms with E-state index in [2.05, 4.69) is 19.9 Å². The molecule has 0 atom stereocenters. The summed E-state index contributed by atoms with van der Waals surface area (Å²) >= 11 is 0. The first-order chi connectivity index (χ1) is 19.1. The topological polar surface area (TPSA) is 207 Å². The number of carbonyl (C=O) groups is 3. The molecule has 0 aliphatic heterocycles. The molecule has 0 saturated carbocycles. The van der Waals surface area contributed by atoms with Crippen LogP contribution in [0.1, 0.15) is 33.9 Å². The molecule has 4 aromatic heterocycles. The monoisotopic (exact) mass is 545 g/mol. The van der Waals surface area contributed by atoms with Crippen molar-refractivity contribution in [3.63, 3.8) is 0 Å². The lowest BCUT2D eigenvalue weighted by atomic mass is 10.1. The normalized spacial score (nSPS) is 11.2. The van der Waals surface area contributed by atoms with Crippen LogP contribution in [-0.4, -0.2) is 74.3 Å². The largest absolute Gasteiger partial charge is 0.480 e. The van der Waals surface area contributed by atoms with Crippen molar-refractivity contribution in [1.29, 1.82) is 0 Å². The Bertz CT molecular complexity index is 1550. The number of hydrogen-bond donors (Lipinski definition) is 5. The van der Waals surface area contributed by atoms with Gasteiger partial charge in [-0.25, -0.2) is 34.3 Å². The predicted molar refractivity (Wildman–Crippen MR) is 137 cm³/mol. The lowest BCUT2D eigenvalue weighted by Crippen LogP contribution is -2.46. The molecule has 0 spiro atoms. The van der Waals surface area contributed by atoms with E-state index in [1.807, 2.05) is 0 Å². The van der Waals surface area contributed by atoms with Crippen LogP contribution >= 0.6 is 0 Å². The van der Waals surface area contributed by atoms with Gasteiger partial charge in [0, 0.05) is 13.1 Å². The third kappa shape index (κ3) is 6.66. The Kier molecular flexibility index (Phi) is 8.49. The number of pyridine rings is 4. The molecule has 4 aromatic rings. The summed E-state index contributed by atoms with van der Waals surface area (Å²) < 4.78 is 0. The molecular formula is C27H23N5O8. The fourth-order valence-corrected chi connectivity index (χ4v) is 3.93. The number of hydrogen-bond acceptors (Lipinski definition) is 10. The van der Waals surface area contributed by atoms with Gasteiger partial charge < -0.3 is 25.5 Å². The van der Waals surface area contributed by atoms with E-state index in [-0.39, 0.29) is 30.2 Å². The van der Waals surface area contributed by atoms with Crippen molar-refractivity contribution in [2.24, 2.45) is 0 Å². The molecule has 0 fully saturated rings. The predicted octanol–water partition coefficient (Wildman–Crippen LogP) is 1.82. The number of carboxylic acid groups (broad SMARTS) is 3. The van der Waals surface area contributed by atoms with Gasteiger partial charge in [-0.3, -0.25) is 4.90 Å². The maximum atomic E-state index is 12.0. The minimum Gasteiger partial charge on any atom is -0.480 e. The lowest BCUT2D eigenvalue weighted by Gasteiger charge is -2.25. The zero-order valence-electron chi connectivity index (χ0n) is 20.7. The smallest absolute Gasteiger partial charge is 0.354 e. The third-order valence-corrected chi connectivity index (χ3v) is 5.70. The quantitative estimate of drug-likeness (QED) is 0.135. The Labute approximate surface area is 226 Å². The molecule has 0 saturated heterocycles. The van der Waals surface area contributed by atoms with Crippen molar-refractivity contribution in [3.05, 3.63) is 95.6 Å². The minimum atomic E-state index is -1.93. The molecule has 0 amide bonds. The highest BCUT2D eigenvalue weighted by atomic mass is 16.5. The van der Waals surface area contributed by atoms with Crippen LogP contribution in [0.5, 0.6) is 0 Å². The first kappa shape index (κ1) is 27.9. The Morgan fingerprint density at radius 3 is 1.55 bits per heavy atom. The minimum absolute atomic E-state index is 0.0116. The van der Waals surface area contributed by atoms with Gasteiger partial charge in [0.05, 0.1) is 39.9 Å². The molecule has 13 heteroatoms. The Morgan fingerprint density at radius 2 is 1.07 bits per heavy atom. The van der Waals surface area contributed by atoms with Crippen molar-refractivity contribution in [2.75, 3.05) is 0 Å². The van der Waals surface area contributed by atoms with Gasteiger partial charge >= 0.3 is 17.9 Å². The molecule has 0 radical (unpaired) electrons. The van der Waals surface area contributed by atoms with Crippen LogP contribution in [0.2, 0.25) is 0 Å². The van der Waals surface area contributed by atoms with E-state index in [4.69, 9.17) is 0 Å². The molecule has 0 bridgehead atoms. The SMILES string of the molecule is O=C(O)c1cccc(-c2cccc(CN(Cc3cccc(-c4cccc(C(O)O)n4)n3)C(C(=O)O)C(=O)O)n2)n1. The maximum Gasteiger partial charge on any atom is 0.354 e. The highest BCUT2D eigenvalue weighted by Gasteiger charge is 2.33. The number of carboxylic acids is 3. The number of aliphatic hydroxyl groups is 2. The van der Waals surface area contributed by atoms with Crippen LogP contribution in [-0.2, 0) is 22.7 Å². The molecule has 4 rings (SSSR count). The number of aliphatic hydroxyl groups excluding tert-OH is 1. The number of aromatic nitrogens is 4. The van der Waals surface area contributed by atoms with Gasteiger partial charge in [0.25, 0.3) is 0 Å². The van der Waals surface area contributed by atoms with E-state index in [1.165, 1.54) is 23.1 Å². The van der Waals surface area contributed by atoms with Crippen molar-refractivity contribution in [2.45, 2.75) is 25.4 Å². The molecular weight excluding hydrogens is 522 g/mol. The fourth-order valence-electron chi connectivity index (χ4n) is 3.93. The van der Waals surface area contributed by atoms with Crippen molar-refractivity contribution in [1.82, 2.24) is 24.8 Å². The number of nitrogens with zero attached hydrogens (tertiary/aromatic N) is 5. The summed E-state index contributed by atoms with van der Waals surface area (Å²) in [5, 5.41) is 47.5. The van der Waals surface area contributed by atoms with Crippen molar-refractivity contribution < 1.29 is 39.9 Å². The summed E-state index contributed by atoms with van der Waals surface area (Å²) in [5.41, 5.74) is 1.76. The average Bonchev–Trinajstić information content (AvgIpc) is 2.93. The van der Waals surface area contributed by atoms with E-state index in [0.29, 0.717) is 28.5 Å².